The number of rotatable bonds is 5. The van der Waals surface area contributed by atoms with E-state index in [1.165, 1.54) is 11.3 Å². The van der Waals surface area contributed by atoms with Crippen molar-refractivity contribution in [3.05, 3.63) is 45.1 Å². The van der Waals surface area contributed by atoms with Crippen molar-refractivity contribution in [3.63, 3.8) is 0 Å². The highest BCUT2D eigenvalue weighted by Gasteiger charge is 2.17. The Kier molecular flexibility index (Phi) is 5.09. The molecule has 4 nitrogen and oxygen atoms in total. The molecule has 112 valence electrons. The lowest BCUT2D eigenvalue weighted by atomic mass is 10.1. The number of ether oxygens (including phenoxy) is 2. The number of carbonyl (C=O) groups is 1. The molecule has 1 aromatic heterocycles. The first-order chi connectivity index (χ1) is 10.0. The van der Waals surface area contributed by atoms with E-state index >= 15 is 0 Å². The lowest BCUT2D eigenvalue weighted by molar-refractivity contribution is 0.0943. The van der Waals surface area contributed by atoms with Gasteiger partial charge in [0.05, 0.1) is 29.5 Å². The minimum atomic E-state index is -0.219. The number of hydrogen-bond donors (Lipinski definition) is 1. The molecule has 0 bridgehead atoms. The second kappa shape index (κ2) is 6.83. The number of thiophene rings is 1. The maximum atomic E-state index is 12.2. The average Bonchev–Trinajstić information content (AvgIpc) is 2.93. The van der Waals surface area contributed by atoms with E-state index < -0.39 is 0 Å². The number of hydrogen-bond acceptors (Lipinski definition) is 4. The van der Waals surface area contributed by atoms with Gasteiger partial charge in [0.15, 0.2) is 0 Å². The number of carbonyl (C=O) groups excluding carboxylic acids is 1. The molecule has 2 aromatic rings. The fourth-order valence-corrected chi connectivity index (χ4v) is 2.91. The lowest BCUT2D eigenvalue weighted by Gasteiger charge is -2.17. The zero-order valence-corrected chi connectivity index (χ0v) is 13.5. The van der Waals surface area contributed by atoms with Gasteiger partial charge in [0, 0.05) is 5.56 Å². The molecular formula is C15H16ClNO3S. The first-order valence-electron chi connectivity index (χ1n) is 6.33. The molecule has 2 rings (SSSR count). The molecule has 6 heteroatoms. The van der Waals surface area contributed by atoms with Crippen molar-refractivity contribution >= 4 is 28.8 Å². The van der Waals surface area contributed by atoms with Gasteiger partial charge in [0.1, 0.15) is 11.5 Å². The first-order valence-corrected chi connectivity index (χ1v) is 7.52. The van der Waals surface area contributed by atoms with Crippen molar-refractivity contribution < 1.29 is 14.3 Å². The Hall–Kier alpha value is -1.72. The molecule has 1 heterocycles. The monoisotopic (exact) mass is 325 g/mol. The van der Waals surface area contributed by atoms with Crippen LogP contribution in [0.15, 0.2) is 30.3 Å². The van der Waals surface area contributed by atoms with Crippen LogP contribution < -0.4 is 14.8 Å². The van der Waals surface area contributed by atoms with Crippen LogP contribution in [-0.2, 0) is 0 Å². The summed E-state index contributed by atoms with van der Waals surface area (Å²) in [5, 5.41) is 2.93. The van der Waals surface area contributed by atoms with Crippen molar-refractivity contribution in [1.29, 1.82) is 0 Å². The van der Waals surface area contributed by atoms with E-state index in [1.54, 1.807) is 26.4 Å². The third-order valence-electron chi connectivity index (χ3n) is 3.05. The van der Waals surface area contributed by atoms with Gasteiger partial charge in [-0.25, -0.2) is 0 Å². The topological polar surface area (TPSA) is 47.6 Å². The van der Waals surface area contributed by atoms with Crippen molar-refractivity contribution in [2.24, 2.45) is 0 Å². The molecule has 0 unspecified atom stereocenters. The first kappa shape index (κ1) is 15.7. The predicted molar refractivity (Wildman–Crippen MR) is 84.8 cm³/mol. The van der Waals surface area contributed by atoms with Crippen molar-refractivity contribution in [2.75, 3.05) is 14.2 Å². The minimum absolute atomic E-state index is 0.163. The van der Waals surface area contributed by atoms with Crippen LogP contribution in [0, 0.1) is 0 Å². The number of benzene rings is 1. The van der Waals surface area contributed by atoms with Gasteiger partial charge >= 0.3 is 0 Å². The van der Waals surface area contributed by atoms with E-state index in [9.17, 15) is 4.79 Å². The zero-order chi connectivity index (χ0) is 15.4. The van der Waals surface area contributed by atoms with E-state index in [2.05, 4.69) is 5.32 Å². The van der Waals surface area contributed by atoms with E-state index in [0.717, 1.165) is 5.56 Å². The zero-order valence-electron chi connectivity index (χ0n) is 12.0. The fraction of sp³-hybridized carbons (Fsp3) is 0.267. The molecule has 0 aliphatic carbocycles. The average molecular weight is 326 g/mol. The SMILES string of the molecule is COc1ccc(OC)c([C@H](C)NC(=O)c2ccc(Cl)s2)c1. The predicted octanol–water partition coefficient (Wildman–Crippen LogP) is 3.91. The lowest BCUT2D eigenvalue weighted by Crippen LogP contribution is -2.26. The van der Waals surface area contributed by atoms with E-state index in [-0.39, 0.29) is 11.9 Å². The van der Waals surface area contributed by atoms with Crippen molar-refractivity contribution in [3.8, 4) is 11.5 Å². The number of nitrogens with one attached hydrogen (secondary N) is 1. The molecule has 0 radical (unpaired) electrons. The molecule has 21 heavy (non-hydrogen) atoms. The Morgan fingerprint density at radius 2 is 2.00 bits per heavy atom. The molecular weight excluding hydrogens is 310 g/mol. The highest BCUT2D eigenvalue weighted by atomic mass is 35.5. The van der Waals surface area contributed by atoms with Crippen LogP contribution in [0.4, 0.5) is 0 Å². The Morgan fingerprint density at radius 1 is 1.24 bits per heavy atom. The summed E-state index contributed by atoms with van der Waals surface area (Å²) in [6.45, 7) is 1.89. The summed E-state index contributed by atoms with van der Waals surface area (Å²) >= 11 is 7.10. The van der Waals surface area contributed by atoms with Crippen LogP contribution in [0.2, 0.25) is 4.34 Å². The Balaban J connectivity index is 2.19. The summed E-state index contributed by atoms with van der Waals surface area (Å²) in [6, 6.07) is 8.68. The van der Waals surface area contributed by atoms with Crippen LogP contribution in [0.3, 0.4) is 0 Å². The summed E-state index contributed by atoms with van der Waals surface area (Å²) in [4.78, 5) is 12.7. The number of methoxy groups -OCH3 is 2. The largest absolute Gasteiger partial charge is 0.497 e. The Bertz CT molecular complexity index is 642. The van der Waals surface area contributed by atoms with Crippen LogP contribution in [0.5, 0.6) is 11.5 Å². The van der Waals surface area contributed by atoms with Gasteiger partial charge in [0.25, 0.3) is 5.91 Å². The molecule has 1 aromatic carbocycles. The molecule has 0 aliphatic rings. The highest BCUT2D eigenvalue weighted by molar-refractivity contribution is 7.17. The maximum absolute atomic E-state index is 12.2. The van der Waals surface area contributed by atoms with Crippen LogP contribution in [0.1, 0.15) is 28.2 Å². The van der Waals surface area contributed by atoms with Crippen molar-refractivity contribution in [2.45, 2.75) is 13.0 Å². The van der Waals surface area contributed by atoms with Gasteiger partial charge in [-0.05, 0) is 37.3 Å². The van der Waals surface area contributed by atoms with Gasteiger partial charge in [-0.1, -0.05) is 11.6 Å². The standard InChI is InChI=1S/C15H16ClNO3S/c1-9(17-15(18)13-6-7-14(16)21-13)11-8-10(19-2)4-5-12(11)20-3/h4-9H,1-3H3,(H,17,18)/t9-/m0/s1. The summed E-state index contributed by atoms with van der Waals surface area (Å²) in [7, 11) is 3.20. The Morgan fingerprint density at radius 3 is 2.57 bits per heavy atom. The molecule has 0 saturated carbocycles. The van der Waals surface area contributed by atoms with Crippen LogP contribution >= 0.6 is 22.9 Å². The second-order valence-corrected chi connectivity index (χ2v) is 6.12. The van der Waals surface area contributed by atoms with E-state index in [1.807, 2.05) is 25.1 Å². The smallest absolute Gasteiger partial charge is 0.261 e. The van der Waals surface area contributed by atoms with Gasteiger partial charge in [-0.2, -0.15) is 0 Å². The maximum Gasteiger partial charge on any atom is 0.261 e. The number of halogens is 1. The van der Waals surface area contributed by atoms with Crippen LogP contribution in [0.25, 0.3) is 0 Å². The fourth-order valence-electron chi connectivity index (χ4n) is 1.96. The normalized spacial score (nSPS) is 11.8. The third kappa shape index (κ3) is 3.68. The van der Waals surface area contributed by atoms with Crippen LogP contribution in [-0.4, -0.2) is 20.1 Å². The third-order valence-corrected chi connectivity index (χ3v) is 4.28. The highest BCUT2D eigenvalue weighted by Crippen LogP contribution is 2.30. The van der Waals surface area contributed by atoms with Gasteiger partial charge in [-0.3, -0.25) is 4.79 Å². The molecule has 1 N–H and O–H groups in total. The van der Waals surface area contributed by atoms with Gasteiger partial charge in [-0.15, -0.1) is 11.3 Å². The summed E-state index contributed by atoms with van der Waals surface area (Å²) in [5.74, 6) is 1.25. The summed E-state index contributed by atoms with van der Waals surface area (Å²) < 4.78 is 11.1. The molecule has 0 spiro atoms. The van der Waals surface area contributed by atoms with E-state index in [4.69, 9.17) is 21.1 Å². The molecule has 0 fully saturated rings. The molecule has 1 atom stereocenters. The van der Waals surface area contributed by atoms with Crippen molar-refractivity contribution in [1.82, 2.24) is 5.32 Å². The molecule has 0 saturated heterocycles. The van der Waals surface area contributed by atoms with Gasteiger partial charge < -0.3 is 14.8 Å². The van der Waals surface area contributed by atoms with E-state index in [0.29, 0.717) is 20.7 Å². The van der Waals surface area contributed by atoms with Gasteiger partial charge in [0.2, 0.25) is 0 Å². The minimum Gasteiger partial charge on any atom is -0.497 e. The Labute approximate surface area is 132 Å². The second-order valence-electron chi connectivity index (χ2n) is 4.41. The quantitative estimate of drug-likeness (QED) is 0.906. The molecule has 1 amide bonds. The number of amides is 1. The molecule has 0 aliphatic heterocycles. The summed E-state index contributed by atoms with van der Waals surface area (Å²) in [5.41, 5.74) is 0.854. The summed E-state index contributed by atoms with van der Waals surface area (Å²) in [6.07, 6.45) is 0.